The second-order valence-corrected chi connectivity index (χ2v) is 6.30. The molecule has 3 atom stereocenters. The zero-order valence-corrected chi connectivity index (χ0v) is 11.7. The fraction of sp³-hybridized carbons (Fsp3) is 0.500. The molecule has 1 unspecified atom stereocenters. The number of thioether (sulfide) groups is 1. The first-order valence-corrected chi connectivity index (χ1v) is 7.13. The summed E-state index contributed by atoms with van der Waals surface area (Å²) >= 11 is 1.12. The van der Waals surface area contributed by atoms with Gasteiger partial charge in [-0.05, 0) is 32.4 Å². The molecule has 1 heterocycles. The SMILES string of the molecule is Cc1cc(C)cc(C(=O)OC[C@@H]2C[C@H](F)C(O)S2)c1. The molecule has 0 radical (unpaired) electrons. The monoisotopic (exact) mass is 284 g/mol. The van der Waals surface area contributed by atoms with Crippen molar-refractivity contribution in [3.63, 3.8) is 0 Å². The number of ether oxygens (including phenoxy) is 1. The van der Waals surface area contributed by atoms with Crippen LogP contribution in [0.4, 0.5) is 4.39 Å². The van der Waals surface area contributed by atoms with Gasteiger partial charge in [0.05, 0.1) is 5.56 Å². The van der Waals surface area contributed by atoms with E-state index in [9.17, 15) is 14.3 Å². The van der Waals surface area contributed by atoms with Crippen LogP contribution in [0.2, 0.25) is 0 Å². The zero-order chi connectivity index (χ0) is 14.0. The Hall–Kier alpha value is -1.07. The Bertz CT molecular complexity index is 448. The third kappa shape index (κ3) is 3.70. The number of carbonyl (C=O) groups is 1. The largest absolute Gasteiger partial charge is 0.461 e. The third-order valence-electron chi connectivity index (χ3n) is 2.99. The van der Waals surface area contributed by atoms with Crippen LogP contribution in [0.5, 0.6) is 0 Å². The van der Waals surface area contributed by atoms with E-state index < -0.39 is 17.6 Å². The van der Waals surface area contributed by atoms with Crippen LogP contribution in [0.1, 0.15) is 27.9 Å². The number of aliphatic hydroxyl groups is 1. The average molecular weight is 284 g/mol. The van der Waals surface area contributed by atoms with Crippen molar-refractivity contribution in [3.05, 3.63) is 34.9 Å². The maximum absolute atomic E-state index is 13.1. The topological polar surface area (TPSA) is 46.5 Å². The van der Waals surface area contributed by atoms with E-state index >= 15 is 0 Å². The summed E-state index contributed by atoms with van der Waals surface area (Å²) in [6.07, 6.45) is -0.999. The van der Waals surface area contributed by atoms with Gasteiger partial charge in [0.25, 0.3) is 0 Å². The number of carbonyl (C=O) groups excluding carboxylic acids is 1. The smallest absolute Gasteiger partial charge is 0.338 e. The summed E-state index contributed by atoms with van der Waals surface area (Å²) in [6.45, 7) is 3.97. The molecule has 1 aromatic carbocycles. The van der Waals surface area contributed by atoms with Crippen LogP contribution in [0.15, 0.2) is 18.2 Å². The summed E-state index contributed by atoms with van der Waals surface area (Å²) in [7, 11) is 0. The first-order chi connectivity index (χ1) is 8.95. The molecule has 1 aliphatic heterocycles. The minimum absolute atomic E-state index is 0.133. The van der Waals surface area contributed by atoms with Crippen molar-refractivity contribution in [1.29, 1.82) is 0 Å². The zero-order valence-electron chi connectivity index (χ0n) is 10.9. The number of aryl methyl sites for hydroxylation is 2. The molecule has 104 valence electrons. The number of rotatable bonds is 3. The minimum atomic E-state index is -1.23. The molecule has 19 heavy (non-hydrogen) atoms. The summed E-state index contributed by atoms with van der Waals surface area (Å²) in [6, 6.07) is 5.52. The molecular formula is C14H17FO3S. The van der Waals surface area contributed by atoms with Crippen LogP contribution in [-0.4, -0.2) is 34.5 Å². The molecular weight excluding hydrogens is 267 g/mol. The summed E-state index contributed by atoms with van der Waals surface area (Å²) in [5, 5.41) is 9.10. The van der Waals surface area contributed by atoms with Gasteiger partial charge in [0, 0.05) is 5.25 Å². The van der Waals surface area contributed by atoms with Crippen LogP contribution in [0.3, 0.4) is 0 Å². The number of hydrogen-bond acceptors (Lipinski definition) is 4. The van der Waals surface area contributed by atoms with E-state index in [0.717, 1.165) is 22.9 Å². The quantitative estimate of drug-likeness (QED) is 0.867. The molecule has 5 heteroatoms. The second kappa shape index (κ2) is 5.92. The van der Waals surface area contributed by atoms with Gasteiger partial charge in [0.2, 0.25) is 0 Å². The molecule has 0 aliphatic carbocycles. The van der Waals surface area contributed by atoms with Gasteiger partial charge < -0.3 is 9.84 Å². The fourth-order valence-corrected chi connectivity index (χ4v) is 3.27. The second-order valence-electron chi connectivity index (χ2n) is 4.88. The number of halogens is 1. The van der Waals surface area contributed by atoms with E-state index in [2.05, 4.69) is 0 Å². The Balaban J connectivity index is 1.91. The Morgan fingerprint density at radius 3 is 2.58 bits per heavy atom. The predicted molar refractivity (Wildman–Crippen MR) is 73.1 cm³/mol. The lowest BCUT2D eigenvalue weighted by molar-refractivity contribution is 0.0498. The van der Waals surface area contributed by atoms with E-state index in [1.54, 1.807) is 12.1 Å². The Kier molecular flexibility index (Phi) is 4.47. The molecule has 1 fully saturated rings. The molecule has 0 aromatic heterocycles. The highest BCUT2D eigenvalue weighted by Crippen LogP contribution is 2.34. The normalized spacial score (nSPS) is 26.4. The van der Waals surface area contributed by atoms with Gasteiger partial charge in [-0.15, -0.1) is 11.8 Å². The van der Waals surface area contributed by atoms with Crippen molar-refractivity contribution in [1.82, 2.24) is 0 Å². The van der Waals surface area contributed by atoms with Crippen LogP contribution in [-0.2, 0) is 4.74 Å². The lowest BCUT2D eigenvalue weighted by Crippen LogP contribution is -2.15. The third-order valence-corrected chi connectivity index (χ3v) is 4.27. The standard InChI is InChI=1S/C14H17FO3S/c1-8-3-9(2)5-10(4-8)13(16)18-7-11-6-12(15)14(17)19-11/h3-5,11-12,14,17H,6-7H2,1-2H3/t11-,12-,14?/m0/s1. The molecule has 2 rings (SSSR count). The lowest BCUT2D eigenvalue weighted by Gasteiger charge is -2.10. The fourth-order valence-electron chi connectivity index (χ4n) is 2.16. The maximum Gasteiger partial charge on any atom is 0.338 e. The van der Waals surface area contributed by atoms with Crippen LogP contribution in [0.25, 0.3) is 0 Å². The summed E-state index contributed by atoms with van der Waals surface area (Å²) < 4.78 is 18.3. The Morgan fingerprint density at radius 1 is 1.42 bits per heavy atom. The molecule has 3 nitrogen and oxygen atoms in total. The van der Waals surface area contributed by atoms with E-state index in [1.807, 2.05) is 19.9 Å². The molecule has 0 saturated carbocycles. The van der Waals surface area contributed by atoms with E-state index in [1.165, 1.54) is 0 Å². The van der Waals surface area contributed by atoms with Crippen LogP contribution < -0.4 is 0 Å². The molecule has 1 aromatic rings. The van der Waals surface area contributed by atoms with E-state index in [4.69, 9.17) is 4.74 Å². The molecule has 1 N–H and O–H groups in total. The summed E-state index contributed by atoms with van der Waals surface area (Å²) in [5.74, 6) is -0.399. The highest BCUT2D eigenvalue weighted by Gasteiger charge is 2.34. The molecule has 1 saturated heterocycles. The van der Waals surface area contributed by atoms with Gasteiger partial charge >= 0.3 is 5.97 Å². The van der Waals surface area contributed by atoms with Gasteiger partial charge in [-0.1, -0.05) is 17.2 Å². The van der Waals surface area contributed by atoms with Crippen molar-refractivity contribution in [2.75, 3.05) is 6.61 Å². The summed E-state index contributed by atoms with van der Waals surface area (Å²) in [5.41, 5.74) is 1.52. The predicted octanol–water partition coefficient (Wildman–Crippen LogP) is 2.62. The Morgan fingerprint density at radius 2 is 2.05 bits per heavy atom. The van der Waals surface area contributed by atoms with Gasteiger partial charge in [0.15, 0.2) is 0 Å². The number of alkyl halides is 1. The van der Waals surface area contributed by atoms with E-state index in [0.29, 0.717) is 5.56 Å². The molecule has 0 amide bonds. The first kappa shape index (κ1) is 14.3. The number of hydrogen-bond donors (Lipinski definition) is 1. The van der Waals surface area contributed by atoms with Gasteiger partial charge in [-0.25, -0.2) is 9.18 Å². The highest BCUT2D eigenvalue weighted by molar-refractivity contribution is 8.00. The Labute approximate surface area is 116 Å². The summed E-state index contributed by atoms with van der Waals surface area (Å²) in [4.78, 5) is 11.9. The van der Waals surface area contributed by atoms with Crippen LogP contribution >= 0.6 is 11.8 Å². The first-order valence-electron chi connectivity index (χ1n) is 6.18. The van der Waals surface area contributed by atoms with Crippen molar-refractivity contribution >= 4 is 17.7 Å². The highest BCUT2D eigenvalue weighted by atomic mass is 32.2. The number of aliphatic hydroxyl groups excluding tert-OH is 1. The number of benzene rings is 1. The van der Waals surface area contributed by atoms with Gasteiger partial charge in [0.1, 0.15) is 18.2 Å². The average Bonchev–Trinajstić information content (AvgIpc) is 2.64. The maximum atomic E-state index is 13.1. The van der Waals surface area contributed by atoms with Crippen LogP contribution in [0, 0.1) is 13.8 Å². The molecule has 0 spiro atoms. The van der Waals surface area contributed by atoms with Crippen molar-refractivity contribution in [2.24, 2.45) is 0 Å². The van der Waals surface area contributed by atoms with Crippen molar-refractivity contribution < 1.29 is 19.0 Å². The number of esters is 1. The van der Waals surface area contributed by atoms with Gasteiger partial charge in [-0.2, -0.15) is 0 Å². The van der Waals surface area contributed by atoms with Crippen molar-refractivity contribution in [2.45, 2.75) is 37.1 Å². The van der Waals surface area contributed by atoms with E-state index in [-0.39, 0.29) is 18.3 Å². The minimum Gasteiger partial charge on any atom is -0.461 e. The molecule has 0 bridgehead atoms. The molecule has 1 aliphatic rings. The van der Waals surface area contributed by atoms with Crippen molar-refractivity contribution in [3.8, 4) is 0 Å². The lowest BCUT2D eigenvalue weighted by atomic mass is 10.1. The van der Waals surface area contributed by atoms with Gasteiger partial charge in [-0.3, -0.25) is 0 Å².